The molecule has 1 fully saturated rings. The Morgan fingerprint density at radius 2 is 1.85 bits per heavy atom. The Kier molecular flexibility index (Phi) is 5.90. The molecular weight excluding hydrogens is 432 g/mol. The van der Waals surface area contributed by atoms with E-state index in [4.69, 9.17) is 9.15 Å². The van der Waals surface area contributed by atoms with E-state index in [1.54, 1.807) is 19.5 Å². The summed E-state index contributed by atoms with van der Waals surface area (Å²) >= 11 is 0. The van der Waals surface area contributed by atoms with Crippen LogP contribution in [-0.2, 0) is 0 Å². The molecule has 0 unspecified atom stereocenters. The number of anilines is 2. The van der Waals surface area contributed by atoms with Gasteiger partial charge in [-0.3, -0.25) is 10.4 Å². The molecule has 0 radical (unpaired) electrons. The molecule has 5 rings (SSSR count). The molecule has 0 atom stereocenters. The largest absolute Gasteiger partial charge is 0.496 e. The van der Waals surface area contributed by atoms with Crippen LogP contribution in [0.4, 0.5) is 16.3 Å². The topological polar surface area (TPSA) is 99.5 Å². The van der Waals surface area contributed by atoms with Crippen molar-refractivity contribution in [2.24, 2.45) is 0 Å². The fraction of sp³-hybridized carbons (Fsp3) is 0.240. The average Bonchev–Trinajstić information content (AvgIpc) is 3.53. The molecule has 2 aromatic heterocycles. The molecule has 0 aliphatic carbocycles. The number of amides is 2. The van der Waals surface area contributed by atoms with Crippen molar-refractivity contribution in [1.29, 1.82) is 0 Å². The Morgan fingerprint density at radius 1 is 1.06 bits per heavy atom. The van der Waals surface area contributed by atoms with Crippen molar-refractivity contribution in [1.82, 2.24) is 20.1 Å². The van der Waals surface area contributed by atoms with Gasteiger partial charge < -0.3 is 19.0 Å². The van der Waals surface area contributed by atoms with Crippen LogP contribution in [0.3, 0.4) is 0 Å². The maximum Gasteiger partial charge on any atom is 0.323 e. The summed E-state index contributed by atoms with van der Waals surface area (Å²) in [6.45, 7) is 4.45. The van der Waals surface area contributed by atoms with Crippen LogP contribution in [0.25, 0.3) is 22.5 Å². The molecule has 0 saturated carbocycles. The van der Waals surface area contributed by atoms with E-state index in [1.807, 2.05) is 60.4 Å². The molecular formula is C25H26N6O3. The highest BCUT2D eigenvalue weighted by Crippen LogP contribution is 2.34. The second-order valence-electron chi connectivity index (χ2n) is 8.06. The second kappa shape index (κ2) is 9.30. The van der Waals surface area contributed by atoms with Crippen molar-refractivity contribution in [2.75, 3.05) is 43.5 Å². The smallest absolute Gasteiger partial charge is 0.323 e. The third-order valence-electron chi connectivity index (χ3n) is 5.96. The van der Waals surface area contributed by atoms with Gasteiger partial charge in [0.15, 0.2) is 11.7 Å². The number of aryl methyl sites for hydroxylation is 1. The first kappa shape index (κ1) is 21.6. The molecule has 174 valence electrons. The standard InChI is InChI=1S/C25H26N6O3/c1-17-26-16-23(34-17)20-9-8-19(14-22(20)33-2)30-10-12-31(13-11-30)25(32)28-24-21(15-27-29-24)18-6-4-3-5-7-18/h3-9,14-16H,10-13H2,1-2H3,(H2,27,28,29,32). The zero-order chi connectivity index (χ0) is 23.5. The van der Waals surface area contributed by atoms with Gasteiger partial charge in [0.2, 0.25) is 0 Å². The van der Waals surface area contributed by atoms with E-state index in [-0.39, 0.29) is 6.03 Å². The summed E-state index contributed by atoms with van der Waals surface area (Å²) in [4.78, 5) is 21.1. The number of H-pyrrole nitrogens is 1. The lowest BCUT2D eigenvalue weighted by Gasteiger charge is -2.36. The number of aromatic nitrogens is 3. The molecule has 2 aromatic carbocycles. The number of nitrogens with one attached hydrogen (secondary N) is 2. The lowest BCUT2D eigenvalue weighted by molar-refractivity contribution is 0.208. The van der Waals surface area contributed by atoms with Crippen molar-refractivity contribution in [2.45, 2.75) is 6.92 Å². The van der Waals surface area contributed by atoms with Crippen LogP contribution in [0.15, 0.2) is 65.3 Å². The number of carbonyl (C=O) groups is 1. The molecule has 9 heteroatoms. The highest BCUT2D eigenvalue weighted by Gasteiger charge is 2.23. The molecule has 0 bridgehead atoms. The molecule has 0 spiro atoms. The maximum atomic E-state index is 12.9. The van der Waals surface area contributed by atoms with E-state index in [2.05, 4.69) is 25.4 Å². The van der Waals surface area contributed by atoms with E-state index in [9.17, 15) is 4.79 Å². The minimum Gasteiger partial charge on any atom is -0.496 e. The molecule has 4 aromatic rings. The summed E-state index contributed by atoms with van der Waals surface area (Å²) in [6, 6.07) is 15.7. The van der Waals surface area contributed by atoms with Gasteiger partial charge in [0, 0.05) is 50.4 Å². The van der Waals surface area contributed by atoms with Crippen molar-refractivity contribution in [3.8, 4) is 28.2 Å². The van der Waals surface area contributed by atoms with Crippen molar-refractivity contribution < 1.29 is 13.9 Å². The molecule has 34 heavy (non-hydrogen) atoms. The number of carbonyl (C=O) groups excluding carboxylic acids is 1. The van der Waals surface area contributed by atoms with Gasteiger partial charge in [0.25, 0.3) is 0 Å². The number of hydrogen-bond donors (Lipinski definition) is 2. The summed E-state index contributed by atoms with van der Waals surface area (Å²) in [7, 11) is 1.65. The minimum absolute atomic E-state index is 0.144. The molecule has 9 nitrogen and oxygen atoms in total. The van der Waals surface area contributed by atoms with Gasteiger partial charge in [0.1, 0.15) is 11.6 Å². The van der Waals surface area contributed by atoms with Gasteiger partial charge in [-0.15, -0.1) is 0 Å². The number of ether oxygens (including phenoxy) is 1. The van der Waals surface area contributed by atoms with E-state index in [0.29, 0.717) is 43.6 Å². The molecule has 3 heterocycles. The molecule has 2 amide bonds. The lowest BCUT2D eigenvalue weighted by Crippen LogP contribution is -2.50. The van der Waals surface area contributed by atoms with E-state index in [0.717, 1.165) is 28.1 Å². The van der Waals surface area contributed by atoms with Crippen LogP contribution in [0.1, 0.15) is 5.89 Å². The SMILES string of the molecule is COc1cc(N2CCN(C(=O)Nc3[nH]ncc3-c3ccccc3)CC2)ccc1-c1cnc(C)o1. The first-order valence-corrected chi connectivity index (χ1v) is 11.1. The van der Waals surface area contributed by atoms with Crippen molar-refractivity contribution in [3.63, 3.8) is 0 Å². The monoisotopic (exact) mass is 458 g/mol. The van der Waals surface area contributed by atoms with Gasteiger partial charge in [-0.1, -0.05) is 30.3 Å². The van der Waals surface area contributed by atoms with Crippen LogP contribution < -0.4 is 15.0 Å². The number of oxazole rings is 1. The van der Waals surface area contributed by atoms with Crippen molar-refractivity contribution in [3.05, 3.63) is 66.8 Å². The quantitative estimate of drug-likeness (QED) is 0.460. The van der Waals surface area contributed by atoms with Crippen LogP contribution in [0.5, 0.6) is 5.75 Å². The van der Waals surface area contributed by atoms with Crippen LogP contribution in [0, 0.1) is 6.92 Å². The Bertz CT molecular complexity index is 1270. The van der Waals surface area contributed by atoms with Crippen LogP contribution in [-0.4, -0.2) is 59.4 Å². The van der Waals surface area contributed by atoms with Crippen LogP contribution >= 0.6 is 0 Å². The number of nitrogens with zero attached hydrogens (tertiary/aromatic N) is 4. The summed E-state index contributed by atoms with van der Waals surface area (Å²) < 4.78 is 11.3. The molecule has 1 aliphatic heterocycles. The molecule has 1 saturated heterocycles. The molecule has 1 aliphatic rings. The molecule has 2 N–H and O–H groups in total. The number of rotatable bonds is 5. The Labute approximate surface area is 197 Å². The van der Waals surface area contributed by atoms with Gasteiger partial charge >= 0.3 is 6.03 Å². The second-order valence-corrected chi connectivity index (χ2v) is 8.06. The van der Waals surface area contributed by atoms with E-state index in [1.165, 1.54) is 0 Å². The summed E-state index contributed by atoms with van der Waals surface area (Å²) in [5.74, 6) is 2.61. The average molecular weight is 459 g/mol. The van der Waals surface area contributed by atoms with Gasteiger partial charge in [0.05, 0.1) is 25.1 Å². The van der Waals surface area contributed by atoms with Gasteiger partial charge in [-0.2, -0.15) is 5.10 Å². The van der Waals surface area contributed by atoms with E-state index >= 15 is 0 Å². The van der Waals surface area contributed by atoms with Gasteiger partial charge in [-0.05, 0) is 17.7 Å². The fourth-order valence-electron chi connectivity index (χ4n) is 4.14. The number of urea groups is 1. The summed E-state index contributed by atoms with van der Waals surface area (Å²) in [6.07, 6.45) is 3.42. The zero-order valence-electron chi connectivity index (χ0n) is 19.1. The first-order valence-electron chi connectivity index (χ1n) is 11.1. The highest BCUT2D eigenvalue weighted by atomic mass is 16.5. The van der Waals surface area contributed by atoms with Crippen molar-refractivity contribution >= 4 is 17.5 Å². The first-order chi connectivity index (χ1) is 16.6. The maximum absolute atomic E-state index is 12.9. The predicted molar refractivity (Wildman–Crippen MR) is 130 cm³/mol. The summed E-state index contributed by atoms with van der Waals surface area (Å²) in [5, 5.41) is 9.98. The number of piperazine rings is 1. The Morgan fingerprint density at radius 3 is 2.56 bits per heavy atom. The zero-order valence-corrected chi connectivity index (χ0v) is 19.1. The normalized spacial score (nSPS) is 13.7. The Balaban J connectivity index is 1.23. The van der Waals surface area contributed by atoms with E-state index < -0.39 is 0 Å². The predicted octanol–water partition coefficient (Wildman–Crippen LogP) is 4.40. The highest BCUT2D eigenvalue weighted by molar-refractivity contribution is 5.93. The third kappa shape index (κ3) is 4.32. The van der Waals surface area contributed by atoms with Gasteiger partial charge in [-0.25, -0.2) is 9.78 Å². The number of aromatic amines is 1. The number of hydrogen-bond acceptors (Lipinski definition) is 6. The summed E-state index contributed by atoms with van der Waals surface area (Å²) in [5.41, 5.74) is 3.76. The number of benzene rings is 2. The van der Waals surface area contributed by atoms with Crippen LogP contribution in [0.2, 0.25) is 0 Å². The fourth-order valence-corrected chi connectivity index (χ4v) is 4.14. The number of methoxy groups -OCH3 is 1. The Hall–Kier alpha value is -4.27. The third-order valence-corrected chi connectivity index (χ3v) is 5.96. The minimum atomic E-state index is -0.144. The lowest BCUT2D eigenvalue weighted by atomic mass is 10.1.